The summed E-state index contributed by atoms with van der Waals surface area (Å²) in [4.78, 5) is 21.1. The van der Waals surface area contributed by atoms with Crippen LogP contribution < -0.4 is 10.2 Å². The smallest absolute Gasteiger partial charge is 0.241 e. The Hall–Kier alpha value is -1.63. The van der Waals surface area contributed by atoms with E-state index in [2.05, 4.69) is 36.0 Å². The van der Waals surface area contributed by atoms with Crippen LogP contribution in [0, 0.1) is 6.92 Å². The van der Waals surface area contributed by atoms with E-state index in [1.165, 1.54) is 0 Å². The van der Waals surface area contributed by atoms with Gasteiger partial charge in [-0.05, 0) is 53.5 Å². The van der Waals surface area contributed by atoms with Gasteiger partial charge in [0.05, 0.1) is 22.4 Å². The fourth-order valence-corrected chi connectivity index (χ4v) is 3.93. The number of aromatic nitrogens is 1. The lowest BCUT2D eigenvalue weighted by atomic mass is 10.2. The molecule has 26 heavy (non-hydrogen) atoms. The van der Waals surface area contributed by atoms with Crippen molar-refractivity contribution in [2.75, 3.05) is 36.4 Å². The van der Waals surface area contributed by atoms with E-state index in [-0.39, 0.29) is 11.9 Å². The summed E-state index contributed by atoms with van der Waals surface area (Å²) in [6, 6.07) is 7.65. The number of amides is 1. The molecule has 1 aliphatic heterocycles. The molecule has 5 nitrogen and oxygen atoms in total. The predicted octanol–water partition coefficient (Wildman–Crippen LogP) is 3.96. The molecule has 1 aromatic carbocycles. The Bertz CT molecular complexity index is 793. The van der Waals surface area contributed by atoms with E-state index in [1.54, 1.807) is 12.4 Å². The third-order valence-corrected chi connectivity index (χ3v) is 5.66. The number of halogens is 2. The first-order valence-corrected chi connectivity index (χ1v) is 9.78. The monoisotopic (exact) mass is 436 g/mol. The Morgan fingerprint density at radius 1 is 1.27 bits per heavy atom. The van der Waals surface area contributed by atoms with E-state index in [0.717, 1.165) is 47.6 Å². The standard InChI is InChI=1S/C19H22BrClN4O/c1-13-3-4-17(15(20)11-13)23-19(26)14(2)24-7-9-25(10-8-24)18-5-6-22-12-16(18)21/h3-6,11-12,14H,7-10H2,1-2H3,(H,23,26). The summed E-state index contributed by atoms with van der Waals surface area (Å²) in [7, 11) is 0. The molecule has 0 aliphatic carbocycles. The Morgan fingerprint density at radius 2 is 2.00 bits per heavy atom. The topological polar surface area (TPSA) is 48.5 Å². The Kier molecular flexibility index (Phi) is 6.16. The number of hydrogen-bond acceptors (Lipinski definition) is 4. The molecule has 1 fully saturated rings. The number of pyridine rings is 1. The second kappa shape index (κ2) is 8.37. The Balaban J connectivity index is 1.58. The van der Waals surface area contributed by atoms with Gasteiger partial charge in [0.15, 0.2) is 0 Å². The quantitative estimate of drug-likeness (QED) is 0.787. The Morgan fingerprint density at radius 3 is 2.65 bits per heavy atom. The van der Waals surface area contributed by atoms with Crippen LogP contribution in [0.1, 0.15) is 12.5 Å². The molecule has 1 amide bonds. The Labute approximate surface area is 167 Å². The summed E-state index contributed by atoms with van der Waals surface area (Å²) in [5.74, 6) is 0.00458. The minimum Gasteiger partial charge on any atom is -0.368 e. The van der Waals surface area contributed by atoms with Crippen LogP contribution in [0.25, 0.3) is 0 Å². The summed E-state index contributed by atoms with van der Waals surface area (Å²) >= 11 is 9.75. The summed E-state index contributed by atoms with van der Waals surface area (Å²) in [6.07, 6.45) is 3.42. The lowest BCUT2D eigenvalue weighted by Gasteiger charge is -2.38. The number of carbonyl (C=O) groups is 1. The lowest BCUT2D eigenvalue weighted by Crippen LogP contribution is -2.52. The van der Waals surface area contributed by atoms with Crippen molar-refractivity contribution in [3.05, 3.63) is 51.7 Å². The molecule has 1 atom stereocenters. The van der Waals surface area contributed by atoms with E-state index in [9.17, 15) is 4.79 Å². The molecule has 2 aromatic rings. The van der Waals surface area contributed by atoms with Crippen LogP contribution >= 0.6 is 27.5 Å². The second-order valence-electron chi connectivity index (χ2n) is 6.50. The van der Waals surface area contributed by atoms with Gasteiger partial charge in [-0.1, -0.05) is 17.7 Å². The van der Waals surface area contributed by atoms with Crippen LogP contribution in [0.15, 0.2) is 41.1 Å². The molecule has 0 radical (unpaired) electrons. The van der Waals surface area contributed by atoms with Crippen molar-refractivity contribution in [1.82, 2.24) is 9.88 Å². The van der Waals surface area contributed by atoms with Gasteiger partial charge in [-0.15, -0.1) is 0 Å². The maximum absolute atomic E-state index is 12.6. The van der Waals surface area contributed by atoms with Crippen molar-refractivity contribution >= 4 is 44.8 Å². The van der Waals surface area contributed by atoms with Gasteiger partial charge in [-0.2, -0.15) is 0 Å². The van der Waals surface area contributed by atoms with Gasteiger partial charge in [0.25, 0.3) is 0 Å². The molecule has 7 heteroatoms. The summed E-state index contributed by atoms with van der Waals surface area (Å²) in [5, 5.41) is 3.68. The van der Waals surface area contributed by atoms with Gasteiger partial charge in [-0.25, -0.2) is 0 Å². The normalized spacial score (nSPS) is 16.4. The molecule has 138 valence electrons. The van der Waals surface area contributed by atoms with Crippen LogP contribution in [0.3, 0.4) is 0 Å². The summed E-state index contributed by atoms with van der Waals surface area (Å²) < 4.78 is 0.898. The molecule has 1 N–H and O–H groups in total. The van der Waals surface area contributed by atoms with Gasteiger partial charge in [0.1, 0.15) is 0 Å². The molecule has 3 rings (SSSR count). The predicted molar refractivity (Wildman–Crippen MR) is 110 cm³/mol. The highest BCUT2D eigenvalue weighted by atomic mass is 79.9. The molecule has 1 aliphatic rings. The SMILES string of the molecule is Cc1ccc(NC(=O)C(C)N2CCN(c3ccncc3Cl)CC2)c(Br)c1. The molecule has 1 unspecified atom stereocenters. The van der Waals surface area contributed by atoms with E-state index >= 15 is 0 Å². The number of nitrogens with zero attached hydrogens (tertiary/aromatic N) is 3. The maximum atomic E-state index is 12.6. The number of piperazine rings is 1. The van der Waals surface area contributed by atoms with E-state index in [1.807, 2.05) is 38.1 Å². The number of carbonyl (C=O) groups excluding carboxylic acids is 1. The number of anilines is 2. The van der Waals surface area contributed by atoms with Crippen molar-refractivity contribution < 1.29 is 4.79 Å². The zero-order valence-corrected chi connectivity index (χ0v) is 17.2. The zero-order chi connectivity index (χ0) is 18.7. The molecule has 0 spiro atoms. The average molecular weight is 438 g/mol. The molecular formula is C19H22BrClN4O. The van der Waals surface area contributed by atoms with Crippen LogP contribution in [0.4, 0.5) is 11.4 Å². The molecule has 1 aromatic heterocycles. The average Bonchev–Trinajstić information content (AvgIpc) is 2.64. The van der Waals surface area contributed by atoms with Crippen molar-refractivity contribution in [1.29, 1.82) is 0 Å². The molecule has 0 bridgehead atoms. The number of rotatable bonds is 4. The van der Waals surface area contributed by atoms with Crippen LogP contribution in [0.5, 0.6) is 0 Å². The fraction of sp³-hybridized carbons (Fsp3) is 0.368. The fourth-order valence-electron chi connectivity index (χ4n) is 3.10. The van der Waals surface area contributed by atoms with Gasteiger partial charge in [0, 0.05) is 43.0 Å². The van der Waals surface area contributed by atoms with Crippen molar-refractivity contribution in [3.63, 3.8) is 0 Å². The van der Waals surface area contributed by atoms with Gasteiger partial charge in [0.2, 0.25) is 5.91 Å². The summed E-state index contributed by atoms with van der Waals surface area (Å²) in [5.41, 5.74) is 2.95. The van der Waals surface area contributed by atoms with Crippen LogP contribution in [0.2, 0.25) is 5.02 Å². The highest BCUT2D eigenvalue weighted by Crippen LogP contribution is 2.26. The minimum absolute atomic E-state index is 0.00458. The van der Waals surface area contributed by atoms with E-state index in [4.69, 9.17) is 11.6 Å². The van der Waals surface area contributed by atoms with E-state index in [0.29, 0.717) is 5.02 Å². The molecule has 0 saturated carbocycles. The van der Waals surface area contributed by atoms with Gasteiger partial charge >= 0.3 is 0 Å². The minimum atomic E-state index is -0.196. The maximum Gasteiger partial charge on any atom is 0.241 e. The first kappa shape index (κ1) is 19.1. The highest BCUT2D eigenvalue weighted by Gasteiger charge is 2.26. The molecule has 2 heterocycles. The second-order valence-corrected chi connectivity index (χ2v) is 7.76. The van der Waals surface area contributed by atoms with Gasteiger partial charge < -0.3 is 10.2 Å². The zero-order valence-electron chi connectivity index (χ0n) is 14.9. The number of hydrogen-bond donors (Lipinski definition) is 1. The lowest BCUT2D eigenvalue weighted by molar-refractivity contribution is -0.120. The highest BCUT2D eigenvalue weighted by molar-refractivity contribution is 9.10. The van der Waals surface area contributed by atoms with Crippen molar-refractivity contribution in [2.45, 2.75) is 19.9 Å². The van der Waals surface area contributed by atoms with Crippen molar-refractivity contribution in [2.24, 2.45) is 0 Å². The largest absolute Gasteiger partial charge is 0.368 e. The number of aryl methyl sites for hydroxylation is 1. The third-order valence-electron chi connectivity index (χ3n) is 4.72. The van der Waals surface area contributed by atoms with E-state index < -0.39 is 0 Å². The van der Waals surface area contributed by atoms with Crippen LogP contribution in [-0.4, -0.2) is 48.0 Å². The first-order valence-electron chi connectivity index (χ1n) is 8.61. The van der Waals surface area contributed by atoms with Gasteiger partial charge in [-0.3, -0.25) is 14.7 Å². The first-order chi connectivity index (χ1) is 12.5. The van der Waals surface area contributed by atoms with Crippen LogP contribution in [-0.2, 0) is 4.79 Å². The summed E-state index contributed by atoms with van der Waals surface area (Å²) in [6.45, 7) is 7.25. The van der Waals surface area contributed by atoms with Crippen molar-refractivity contribution in [3.8, 4) is 0 Å². The molecular weight excluding hydrogens is 416 g/mol. The molecule has 1 saturated heterocycles. The number of nitrogens with one attached hydrogen (secondary N) is 1. The third kappa shape index (κ3) is 4.37. The number of benzene rings is 1.